The van der Waals surface area contributed by atoms with Crippen LogP contribution in [0.15, 0.2) is 54.6 Å². The van der Waals surface area contributed by atoms with Gasteiger partial charge < -0.3 is 20.3 Å². The van der Waals surface area contributed by atoms with Gasteiger partial charge in [-0.2, -0.15) is 5.10 Å². The molecule has 0 radical (unpaired) electrons. The Morgan fingerprint density at radius 1 is 1.11 bits per heavy atom. The summed E-state index contributed by atoms with van der Waals surface area (Å²) in [6.45, 7) is 9.05. The summed E-state index contributed by atoms with van der Waals surface area (Å²) in [5, 5.41) is 27.2. The maximum atomic E-state index is 13.9. The lowest BCUT2D eigenvalue weighted by molar-refractivity contribution is -0.137. The minimum atomic E-state index is -1.22. The fraction of sp³-hybridized carbons (Fsp3) is 0.370. The van der Waals surface area contributed by atoms with Gasteiger partial charge in [0.15, 0.2) is 5.69 Å². The van der Waals surface area contributed by atoms with E-state index in [0.717, 1.165) is 5.56 Å². The van der Waals surface area contributed by atoms with Crippen molar-refractivity contribution >= 4 is 11.9 Å². The number of carbonyl (C=O) groups is 2. The van der Waals surface area contributed by atoms with Crippen molar-refractivity contribution in [3.63, 3.8) is 0 Å². The van der Waals surface area contributed by atoms with Gasteiger partial charge in [-0.15, -0.1) is 0 Å². The van der Waals surface area contributed by atoms with E-state index in [4.69, 9.17) is 4.74 Å². The van der Waals surface area contributed by atoms with Gasteiger partial charge in [0.2, 0.25) is 5.88 Å². The van der Waals surface area contributed by atoms with Crippen LogP contribution in [-0.4, -0.2) is 44.1 Å². The monoisotopic (exact) mass is 497 g/mol. The Morgan fingerprint density at radius 3 is 2.36 bits per heavy atom. The van der Waals surface area contributed by atoms with E-state index in [2.05, 4.69) is 10.4 Å². The van der Waals surface area contributed by atoms with E-state index in [0.29, 0.717) is 11.3 Å². The number of aliphatic carboxylic acids is 1. The molecule has 192 valence electrons. The molecule has 0 fully saturated rings. The first-order valence-corrected chi connectivity index (χ1v) is 11.6. The van der Waals surface area contributed by atoms with Crippen LogP contribution < -0.4 is 10.1 Å². The lowest BCUT2D eigenvalue weighted by Gasteiger charge is -2.36. The second-order valence-corrected chi connectivity index (χ2v) is 10.1. The number of ether oxygens (including phenoxy) is 1. The van der Waals surface area contributed by atoms with E-state index in [-0.39, 0.29) is 24.6 Å². The van der Waals surface area contributed by atoms with Crippen molar-refractivity contribution in [2.75, 3.05) is 6.61 Å². The van der Waals surface area contributed by atoms with Crippen molar-refractivity contribution in [2.45, 2.75) is 52.7 Å². The van der Waals surface area contributed by atoms with Crippen LogP contribution >= 0.6 is 0 Å². The summed E-state index contributed by atoms with van der Waals surface area (Å²) >= 11 is 0. The van der Waals surface area contributed by atoms with Crippen molar-refractivity contribution in [3.8, 4) is 11.6 Å². The van der Waals surface area contributed by atoms with E-state index >= 15 is 0 Å². The number of aromatic nitrogens is 2. The van der Waals surface area contributed by atoms with Gasteiger partial charge in [0, 0.05) is 6.07 Å². The Kier molecular flexibility index (Phi) is 7.83. The summed E-state index contributed by atoms with van der Waals surface area (Å²) in [6, 6.07) is 13.4. The second kappa shape index (κ2) is 10.5. The Morgan fingerprint density at radius 2 is 1.78 bits per heavy atom. The maximum absolute atomic E-state index is 13.9. The summed E-state index contributed by atoms with van der Waals surface area (Å²) in [5.41, 5.74) is 0.186. The van der Waals surface area contributed by atoms with E-state index in [1.165, 1.54) is 28.9 Å². The lowest BCUT2D eigenvalue weighted by atomic mass is 9.78. The maximum Gasteiger partial charge on any atom is 0.305 e. The Bertz CT molecular complexity index is 1230. The van der Waals surface area contributed by atoms with Crippen molar-refractivity contribution in [2.24, 2.45) is 5.41 Å². The molecule has 0 unspecified atom stereocenters. The van der Waals surface area contributed by atoms with Crippen molar-refractivity contribution < 1.29 is 28.9 Å². The van der Waals surface area contributed by atoms with Gasteiger partial charge in [0.1, 0.15) is 18.0 Å². The predicted molar refractivity (Wildman–Crippen MR) is 133 cm³/mol. The van der Waals surface area contributed by atoms with E-state index in [1.54, 1.807) is 25.1 Å². The van der Waals surface area contributed by atoms with Gasteiger partial charge in [0.25, 0.3) is 5.91 Å². The topological polar surface area (TPSA) is 114 Å². The van der Waals surface area contributed by atoms with Crippen LogP contribution in [0.25, 0.3) is 5.69 Å². The van der Waals surface area contributed by atoms with Crippen LogP contribution in [0.1, 0.15) is 61.8 Å². The highest BCUT2D eigenvalue weighted by Gasteiger charge is 2.36. The average molecular weight is 498 g/mol. The van der Waals surface area contributed by atoms with Gasteiger partial charge in [0.05, 0.1) is 18.2 Å². The zero-order valence-electron chi connectivity index (χ0n) is 21.1. The first kappa shape index (κ1) is 26.9. The first-order valence-electron chi connectivity index (χ1n) is 11.6. The average Bonchev–Trinajstić information content (AvgIpc) is 3.21. The molecule has 1 heterocycles. The molecule has 0 aliphatic rings. The standard InChI is InChI=1S/C27H32FN3O5/c1-17-9-11-18(12-10-17)21(15-24(32)33)29-25(34)22-14-23(36-16-27(5,35)26(2,3)4)31(30-22)20-8-6-7-19(28)13-20/h6-14,21,35H,15-16H2,1-5H3,(H,29,34)(H,32,33)/t21-,27-/m0/s1. The largest absolute Gasteiger partial charge is 0.481 e. The summed E-state index contributed by atoms with van der Waals surface area (Å²) in [7, 11) is 0. The molecule has 1 amide bonds. The summed E-state index contributed by atoms with van der Waals surface area (Å²) in [4.78, 5) is 24.6. The molecule has 0 saturated carbocycles. The number of rotatable bonds is 9. The molecule has 36 heavy (non-hydrogen) atoms. The van der Waals surface area contributed by atoms with Crippen LogP contribution in [-0.2, 0) is 4.79 Å². The van der Waals surface area contributed by atoms with E-state index < -0.39 is 34.8 Å². The third kappa shape index (κ3) is 6.48. The molecule has 0 aliphatic carbocycles. The van der Waals surface area contributed by atoms with Crippen LogP contribution in [0.2, 0.25) is 0 Å². The van der Waals surface area contributed by atoms with Crippen LogP contribution in [0.4, 0.5) is 4.39 Å². The normalized spacial score (nSPS) is 14.1. The SMILES string of the molecule is Cc1ccc([C@H](CC(=O)O)NC(=O)c2cc(OC[C@](C)(O)C(C)(C)C)n(-c3cccc(F)c3)n2)cc1. The number of hydrogen-bond acceptors (Lipinski definition) is 5. The zero-order chi connectivity index (χ0) is 26.7. The first-order chi connectivity index (χ1) is 16.8. The summed E-state index contributed by atoms with van der Waals surface area (Å²) in [6.07, 6.45) is -0.322. The van der Waals surface area contributed by atoms with Crippen molar-refractivity contribution in [1.82, 2.24) is 15.1 Å². The lowest BCUT2D eigenvalue weighted by Crippen LogP contribution is -2.45. The van der Waals surface area contributed by atoms with Crippen LogP contribution in [0.3, 0.4) is 0 Å². The van der Waals surface area contributed by atoms with Gasteiger partial charge in [-0.1, -0.05) is 56.7 Å². The second-order valence-electron chi connectivity index (χ2n) is 10.1. The molecule has 8 nitrogen and oxygen atoms in total. The molecule has 0 aliphatic heterocycles. The number of halogens is 1. The Hall–Kier alpha value is -3.72. The number of carboxylic acid groups (broad SMARTS) is 1. The highest BCUT2D eigenvalue weighted by atomic mass is 19.1. The van der Waals surface area contributed by atoms with E-state index in [9.17, 15) is 24.2 Å². The number of hydrogen-bond donors (Lipinski definition) is 3. The predicted octanol–water partition coefficient (Wildman–Crippen LogP) is 4.44. The molecule has 3 N–H and O–H groups in total. The van der Waals surface area contributed by atoms with Gasteiger partial charge in [-0.3, -0.25) is 9.59 Å². The van der Waals surface area contributed by atoms with Crippen molar-refractivity contribution in [1.29, 1.82) is 0 Å². The molecule has 3 rings (SSSR count). The summed E-state index contributed by atoms with van der Waals surface area (Å²) in [5.74, 6) is -2.06. The molecule has 0 bridgehead atoms. The highest BCUT2D eigenvalue weighted by Crippen LogP contribution is 2.31. The Labute approximate surface area is 209 Å². The number of benzene rings is 2. The quantitative estimate of drug-likeness (QED) is 0.403. The highest BCUT2D eigenvalue weighted by molar-refractivity contribution is 5.93. The number of aryl methyl sites for hydroxylation is 1. The van der Waals surface area contributed by atoms with Gasteiger partial charge in [-0.05, 0) is 43.0 Å². The molecule has 2 atom stereocenters. The third-order valence-electron chi connectivity index (χ3n) is 6.24. The minimum Gasteiger partial charge on any atom is -0.481 e. The van der Waals surface area contributed by atoms with Gasteiger partial charge >= 0.3 is 5.97 Å². The van der Waals surface area contributed by atoms with Crippen LogP contribution in [0, 0.1) is 18.2 Å². The molecule has 3 aromatic rings. The molecule has 1 aromatic heterocycles. The smallest absolute Gasteiger partial charge is 0.305 e. The van der Waals surface area contributed by atoms with Crippen LogP contribution in [0.5, 0.6) is 5.88 Å². The number of carbonyl (C=O) groups excluding carboxylic acids is 1. The molecule has 9 heteroatoms. The fourth-order valence-corrected chi connectivity index (χ4v) is 3.26. The third-order valence-corrected chi connectivity index (χ3v) is 6.24. The molecule has 2 aromatic carbocycles. The molecule has 0 spiro atoms. The number of amides is 1. The number of nitrogens with zero attached hydrogens (tertiary/aromatic N) is 2. The zero-order valence-corrected chi connectivity index (χ0v) is 21.1. The number of carboxylic acids is 1. The number of nitrogens with one attached hydrogen (secondary N) is 1. The Balaban J connectivity index is 1.94. The molecule has 0 saturated heterocycles. The molecular weight excluding hydrogens is 465 g/mol. The van der Waals surface area contributed by atoms with Gasteiger partial charge in [-0.25, -0.2) is 9.07 Å². The summed E-state index contributed by atoms with van der Waals surface area (Å²) < 4.78 is 21.1. The minimum absolute atomic E-state index is 0.0489. The van der Waals surface area contributed by atoms with Crippen molar-refractivity contribution in [3.05, 3.63) is 77.2 Å². The fourth-order valence-electron chi connectivity index (χ4n) is 3.26. The van der Waals surface area contributed by atoms with E-state index in [1.807, 2.05) is 39.8 Å². The number of aliphatic hydroxyl groups is 1. The molecular formula is C27H32FN3O5.